The van der Waals surface area contributed by atoms with Gasteiger partial charge in [0.2, 0.25) is 0 Å². The van der Waals surface area contributed by atoms with Crippen molar-refractivity contribution in [1.82, 2.24) is 0 Å². The second-order valence-corrected chi connectivity index (χ2v) is 5.31. The van der Waals surface area contributed by atoms with Crippen LogP contribution in [-0.4, -0.2) is 31.7 Å². The quantitative estimate of drug-likeness (QED) is 0.868. The molecule has 2 aliphatic heterocycles. The molecule has 3 rings (SSSR count). The molecule has 1 aromatic rings. The molecule has 1 N–H and O–H groups in total. The van der Waals surface area contributed by atoms with Crippen LogP contribution in [0.25, 0.3) is 0 Å². The first-order valence-electron chi connectivity index (χ1n) is 7.10. The van der Waals surface area contributed by atoms with Crippen molar-refractivity contribution in [1.29, 1.82) is 0 Å². The van der Waals surface area contributed by atoms with Gasteiger partial charge in [-0.1, -0.05) is 0 Å². The Morgan fingerprint density at radius 3 is 3.10 bits per heavy atom. The number of carbonyl (C=O) groups is 1. The fourth-order valence-corrected chi connectivity index (χ4v) is 3.06. The second kappa shape index (κ2) is 5.16. The van der Waals surface area contributed by atoms with E-state index in [1.807, 2.05) is 12.1 Å². The highest BCUT2D eigenvalue weighted by atomic mass is 19.3. The number of fused-ring (bicyclic) bond motifs is 3. The number of hydrogen-bond donors (Lipinski definition) is 1. The van der Waals surface area contributed by atoms with Gasteiger partial charge in [-0.3, -0.25) is 0 Å². The lowest BCUT2D eigenvalue weighted by molar-refractivity contribution is -0.172. The van der Waals surface area contributed by atoms with Gasteiger partial charge >= 0.3 is 11.9 Å². The van der Waals surface area contributed by atoms with Gasteiger partial charge in [0.25, 0.3) is 0 Å². The molecule has 0 aromatic heterocycles. The van der Waals surface area contributed by atoms with Crippen LogP contribution in [0.3, 0.4) is 0 Å². The second-order valence-electron chi connectivity index (χ2n) is 5.31. The summed E-state index contributed by atoms with van der Waals surface area (Å²) >= 11 is 0. The van der Waals surface area contributed by atoms with Crippen LogP contribution in [0, 0.1) is 0 Å². The van der Waals surface area contributed by atoms with E-state index in [1.54, 1.807) is 0 Å². The van der Waals surface area contributed by atoms with Gasteiger partial charge in [0, 0.05) is 36.6 Å². The molecule has 0 bridgehead atoms. The Balaban J connectivity index is 1.85. The third-order valence-electron chi connectivity index (χ3n) is 3.95. The number of ether oxygens (including phenoxy) is 2. The Morgan fingerprint density at radius 1 is 1.52 bits per heavy atom. The number of anilines is 1. The molecule has 21 heavy (non-hydrogen) atoms. The van der Waals surface area contributed by atoms with E-state index in [-0.39, 0.29) is 6.61 Å². The minimum absolute atomic E-state index is 0.0445. The van der Waals surface area contributed by atoms with Crippen molar-refractivity contribution in [3.63, 3.8) is 0 Å². The zero-order valence-electron chi connectivity index (χ0n) is 11.7. The molecule has 0 spiro atoms. The first kappa shape index (κ1) is 14.1. The fraction of sp³-hybridized carbons (Fsp3) is 0.533. The molecule has 0 saturated heterocycles. The number of benzene rings is 1. The molecule has 1 atom stereocenters. The maximum atomic E-state index is 14.0. The van der Waals surface area contributed by atoms with Crippen LogP contribution < -0.4 is 10.1 Å². The summed E-state index contributed by atoms with van der Waals surface area (Å²) < 4.78 is 37.9. The number of esters is 1. The molecule has 0 fully saturated rings. The molecule has 1 aromatic carbocycles. The molecule has 1 unspecified atom stereocenters. The van der Waals surface area contributed by atoms with Crippen molar-refractivity contribution in [3.05, 3.63) is 23.3 Å². The summed E-state index contributed by atoms with van der Waals surface area (Å²) in [5.41, 5.74) is 2.72. The number of halogens is 2. The highest BCUT2D eigenvalue weighted by Gasteiger charge is 2.45. The van der Waals surface area contributed by atoms with E-state index in [0.717, 1.165) is 29.0 Å². The zero-order valence-corrected chi connectivity index (χ0v) is 11.7. The number of nitrogens with one attached hydrogen (secondary N) is 1. The number of hydrogen-bond acceptors (Lipinski definition) is 4. The smallest absolute Gasteiger partial charge is 0.376 e. The van der Waals surface area contributed by atoms with Crippen LogP contribution in [0.1, 0.15) is 30.4 Å². The van der Waals surface area contributed by atoms with Crippen LogP contribution in [0.4, 0.5) is 14.5 Å². The summed E-state index contributed by atoms with van der Waals surface area (Å²) in [5.74, 6) is -4.55. The summed E-state index contributed by atoms with van der Waals surface area (Å²) in [6.07, 6.45) is 0.184. The van der Waals surface area contributed by atoms with E-state index in [9.17, 15) is 13.6 Å². The van der Waals surface area contributed by atoms with Gasteiger partial charge in [0.15, 0.2) is 0 Å². The van der Waals surface area contributed by atoms with Crippen molar-refractivity contribution < 1.29 is 23.0 Å². The summed E-state index contributed by atoms with van der Waals surface area (Å²) in [4.78, 5) is 11.4. The third-order valence-corrected chi connectivity index (χ3v) is 3.95. The van der Waals surface area contributed by atoms with Crippen molar-refractivity contribution in [3.8, 4) is 5.75 Å². The minimum Gasteiger partial charge on any atom is -0.493 e. The van der Waals surface area contributed by atoms with Crippen molar-refractivity contribution in [2.75, 3.05) is 25.1 Å². The highest BCUT2D eigenvalue weighted by Crippen LogP contribution is 2.45. The van der Waals surface area contributed by atoms with E-state index in [0.29, 0.717) is 13.2 Å². The van der Waals surface area contributed by atoms with Crippen molar-refractivity contribution in [2.45, 2.75) is 31.6 Å². The first-order valence-corrected chi connectivity index (χ1v) is 7.10. The number of alkyl halides is 2. The fourth-order valence-electron chi connectivity index (χ4n) is 3.06. The lowest BCUT2D eigenvalue weighted by Crippen LogP contribution is -2.33. The Hall–Kier alpha value is -1.85. The highest BCUT2D eigenvalue weighted by molar-refractivity contribution is 5.78. The molecule has 4 nitrogen and oxygen atoms in total. The Labute approximate surface area is 121 Å². The molecule has 0 saturated carbocycles. The van der Waals surface area contributed by atoms with Crippen molar-refractivity contribution in [2.24, 2.45) is 0 Å². The maximum Gasteiger partial charge on any atom is 0.376 e. The average molecular weight is 297 g/mol. The van der Waals surface area contributed by atoms with E-state index in [2.05, 4.69) is 10.1 Å². The maximum absolute atomic E-state index is 14.0. The van der Waals surface area contributed by atoms with Gasteiger partial charge in [-0.2, -0.15) is 8.78 Å². The molecule has 114 valence electrons. The Kier molecular flexibility index (Phi) is 3.47. The van der Waals surface area contributed by atoms with Gasteiger partial charge < -0.3 is 14.8 Å². The standard InChI is InChI=1S/C15H17F2NO3/c1-2-20-14(19)15(16,17)7-9-8-18-11-3-4-12-10(13(9)11)5-6-21-12/h3-4,9,18H,2,5-8H2,1H3. The van der Waals surface area contributed by atoms with Gasteiger partial charge in [-0.25, -0.2) is 4.79 Å². The number of carbonyl (C=O) groups excluding carboxylic acids is 1. The van der Waals surface area contributed by atoms with E-state index in [4.69, 9.17) is 4.74 Å². The minimum atomic E-state index is -3.47. The molecule has 0 aliphatic carbocycles. The largest absolute Gasteiger partial charge is 0.493 e. The van der Waals surface area contributed by atoms with Gasteiger partial charge in [-0.15, -0.1) is 0 Å². The SMILES string of the molecule is CCOC(=O)C(F)(F)CC1CNc2ccc3c(c21)CCO3. The van der Waals surface area contributed by atoms with Gasteiger partial charge in [-0.05, 0) is 24.6 Å². The van der Waals surface area contributed by atoms with Crippen LogP contribution >= 0.6 is 0 Å². The summed E-state index contributed by atoms with van der Waals surface area (Å²) in [7, 11) is 0. The molecule has 2 heterocycles. The zero-order chi connectivity index (χ0) is 15.0. The molecule has 0 amide bonds. The van der Waals surface area contributed by atoms with Gasteiger partial charge in [0.05, 0.1) is 13.2 Å². The predicted octanol–water partition coefficient (Wildman–Crippen LogP) is 2.72. The van der Waals surface area contributed by atoms with Gasteiger partial charge in [0.1, 0.15) is 5.75 Å². The van der Waals surface area contributed by atoms with Crippen LogP contribution in [0.5, 0.6) is 5.75 Å². The Bertz CT molecular complexity index is 574. The lowest BCUT2D eigenvalue weighted by atomic mass is 9.90. The van der Waals surface area contributed by atoms with Crippen LogP contribution in [0.2, 0.25) is 0 Å². The van der Waals surface area contributed by atoms with Crippen LogP contribution in [-0.2, 0) is 16.0 Å². The summed E-state index contributed by atoms with van der Waals surface area (Å²) in [6.45, 7) is 2.45. The van der Waals surface area contributed by atoms with Crippen molar-refractivity contribution >= 4 is 11.7 Å². The molecule has 6 heteroatoms. The Morgan fingerprint density at radius 2 is 2.33 bits per heavy atom. The third kappa shape index (κ3) is 2.43. The molecule has 2 aliphatic rings. The predicted molar refractivity (Wildman–Crippen MR) is 73.1 cm³/mol. The monoisotopic (exact) mass is 297 g/mol. The number of rotatable bonds is 4. The molecule has 0 radical (unpaired) electrons. The van der Waals surface area contributed by atoms with E-state index >= 15 is 0 Å². The summed E-state index contributed by atoms with van der Waals surface area (Å²) in [5, 5.41) is 3.13. The first-order chi connectivity index (χ1) is 10.0. The topological polar surface area (TPSA) is 47.6 Å². The van der Waals surface area contributed by atoms with E-state index in [1.165, 1.54) is 6.92 Å². The summed E-state index contributed by atoms with van der Waals surface area (Å²) in [6, 6.07) is 3.71. The van der Waals surface area contributed by atoms with Crippen LogP contribution in [0.15, 0.2) is 12.1 Å². The molecular weight excluding hydrogens is 280 g/mol. The average Bonchev–Trinajstić information content (AvgIpc) is 3.04. The molecular formula is C15H17F2NO3. The van der Waals surface area contributed by atoms with E-state index < -0.39 is 24.2 Å². The normalized spacial score (nSPS) is 19.5. The lowest BCUT2D eigenvalue weighted by Gasteiger charge is -2.19.